The van der Waals surface area contributed by atoms with Gasteiger partial charge in [-0.05, 0) is 48.1 Å². The molecule has 2 aliphatic heterocycles. The number of aromatic nitrogens is 3. The molecule has 0 aliphatic carbocycles. The van der Waals surface area contributed by atoms with Crippen LogP contribution in [0, 0.1) is 5.41 Å². The molecule has 38 heavy (non-hydrogen) atoms. The van der Waals surface area contributed by atoms with Crippen molar-refractivity contribution >= 4 is 29.1 Å². The molecule has 0 bridgehead atoms. The Morgan fingerprint density at radius 1 is 1.18 bits per heavy atom. The second kappa shape index (κ2) is 10.9. The highest BCUT2D eigenvalue weighted by Crippen LogP contribution is 2.49. The minimum atomic E-state index is -5.08. The minimum Gasteiger partial charge on any atom is -0.475 e. The molecule has 2 saturated heterocycles. The Hall–Kier alpha value is -3.74. The molecule has 13 heteroatoms. The summed E-state index contributed by atoms with van der Waals surface area (Å²) < 4.78 is 33.6. The van der Waals surface area contributed by atoms with E-state index in [-0.39, 0.29) is 17.7 Å². The van der Waals surface area contributed by atoms with Crippen molar-refractivity contribution in [3.8, 4) is 0 Å². The fraction of sp³-hybridized carbons (Fsp3) is 0.400. The quantitative estimate of drug-likeness (QED) is 0.533. The number of rotatable bonds is 4. The molecule has 0 unspecified atom stereocenters. The van der Waals surface area contributed by atoms with Gasteiger partial charge in [-0.15, -0.1) is 0 Å². The van der Waals surface area contributed by atoms with Crippen LogP contribution in [0.5, 0.6) is 0 Å². The molecule has 2 fully saturated rings. The van der Waals surface area contributed by atoms with E-state index in [4.69, 9.17) is 9.90 Å². The number of carboxylic acid groups (broad SMARTS) is 1. The first-order valence-electron chi connectivity index (χ1n) is 11.8. The first-order chi connectivity index (χ1) is 18.0. The van der Waals surface area contributed by atoms with Gasteiger partial charge in [0.1, 0.15) is 0 Å². The molecule has 1 N–H and O–H groups in total. The lowest BCUT2D eigenvalue weighted by Crippen LogP contribution is -2.52. The second-order valence-corrected chi connectivity index (χ2v) is 10.1. The summed E-state index contributed by atoms with van der Waals surface area (Å²) >= 11 is 1.52. The van der Waals surface area contributed by atoms with Crippen molar-refractivity contribution in [2.24, 2.45) is 12.5 Å². The summed E-state index contributed by atoms with van der Waals surface area (Å²) in [5, 5.41) is 15.3. The Morgan fingerprint density at radius 3 is 2.47 bits per heavy atom. The van der Waals surface area contributed by atoms with Crippen LogP contribution in [0.4, 0.5) is 13.2 Å². The summed E-state index contributed by atoms with van der Waals surface area (Å²) in [5.74, 6) is -2.69. The van der Waals surface area contributed by atoms with Crippen LogP contribution in [0.3, 0.4) is 0 Å². The van der Waals surface area contributed by atoms with Crippen molar-refractivity contribution in [2.75, 3.05) is 19.6 Å². The molecule has 3 aromatic rings. The maximum Gasteiger partial charge on any atom is 0.490 e. The van der Waals surface area contributed by atoms with Gasteiger partial charge in [-0.3, -0.25) is 19.3 Å². The number of amides is 2. The molecule has 5 rings (SSSR count). The number of hydrogen-bond acceptors (Lipinski definition) is 6. The summed E-state index contributed by atoms with van der Waals surface area (Å²) in [6, 6.07) is 7.75. The first kappa shape index (κ1) is 27.3. The van der Waals surface area contributed by atoms with Crippen LogP contribution in [0.2, 0.25) is 0 Å². The molecule has 202 valence electrons. The molecular weight excluding hydrogens is 523 g/mol. The molecular formula is C25H26F3N5O4S. The Kier molecular flexibility index (Phi) is 7.86. The van der Waals surface area contributed by atoms with Crippen LogP contribution in [-0.4, -0.2) is 73.3 Å². The number of pyridine rings is 1. The van der Waals surface area contributed by atoms with Crippen molar-refractivity contribution in [3.05, 3.63) is 70.4 Å². The van der Waals surface area contributed by atoms with Crippen molar-refractivity contribution in [1.29, 1.82) is 0 Å². The number of carbonyl (C=O) groups excluding carboxylic acids is 2. The fourth-order valence-corrected chi connectivity index (χ4v) is 5.80. The molecule has 9 nitrogen and oxygen atoms in total. The molecule has 5 heterocycles. The normalized spacial score (nSPS) is 21.4. The smallest absolute Gasteiger partial charge is 0.475 e. The Bertz CT molecular complexity index is 1280. The van der Waals surface area contributed by atoms with E-state index in [2.05, 4.69) is 10.1 Å². The van der Waals surface area contributed by atoms with Gasteiger partial charge in [0, 0.05) is 68.8 Å². The van der Waals surface area contributed by atoms with Gasteiger partial charge >= 0.3 is 12.1 Å². The lowest BCUT2D eigenvalue weighted by atomic mass is 9.70. The number of alkyl halides is 3. The van der Waals surface area contributed by atoms with E-state index in [0.717, 1.165) is 30.6 Å². The van der Waals surface area contributed by atoms with Crippen molar-refractivity contribution in [3.63, 3.8) is 0 Å². The van der Waals surface area contributed by atoms with Crippen LogP contribution in [-0.2, 0) is 23.2 Å². The molecule has 2 aliphatic rings. The zero-order chi connectivity index (χ0) is 27.5. The maximum atomic E-state index is 14.0. The first-order valence-corrected chi connectivity index (χ1v) is 12.7. The number of hydrogen-bond donors (Lipinski definition) is 1. The number of aliphatic carboxylic acids is 1. The molecule has 2 amide bonds. The Balaban J connectivity index is 0.000000426. The zero-order valence-corrected chi connectivity index (χ0v) is 21.3. The number of carbonyl (C=O) groups is 3. The third kappa shape index (κ3) is 5.57. The number of nitrogens with zero attached hydrogens (tertiary/aromatic N) is 5. The molecule has 0 aromatic carbocycles. The topological polar surface area (TPSA) is 109 Å². The van der Waals surface area contributed by atoms with Gasteiger partial charge in [0.25, 0.3) is 5.91 Å². The van der Waals surface area contributed by atoms with E-state index in [1.165, 1.54) is 11.3 Å². The average molecular weight is 550 g/mol. The summed E-state index contributed by atoms with van der Waals surface area (Å²) in [5.41, 5.74) is 2.16. The summed E-state index contributed by atoms with van der Waals surface area (Å²) in [6.45, 7) is 2.28. The van der Waals surface area contributed by atoms with Crippen molar-refractivity contribution in [1.82, 2.24) is 24.6 Å². The van der Waals surface area contributed by atoms with E-state index in [9.17, 15) is 22.8 Å². The third-order valence-corrected chi connectivity index (χ3v) is 7.63. The van der Waals surface area contributed by atoms with Gasteiger partial charge in [0.05, 0.1) is 11.0 Å². The largest absolute Gasteiger partial charge is 0.490 e. The third-order valence-electron chi connectivity index (χ3n) is 6.94. The van der Waals surface area contributed by atoms with E-state index in [0.29, 0.717) is 25.2 Å². The average Bonchev–Trinajstić information content (AvgIpc) is 3.63. The van der Waals surface area contributed by atoms with Gasteiger partial charge in [-0.2, -0.15) is 29.6 Å². The lowest BCUT2D eigenvalue weighted by Gasteiger charge is -2.42. The van der Waals surface area contributed by atoms with Crippen molar-refractivity contribution < 1.29 is 32.7 Å². The second-order valence-electron chi connectivity index (χ2n) is 9.27. The number of thiophene rings is 1. The van der Waals surface area contributed by atoms with Gasteiger partial charge in [-0.25, -0.2) is 4.79 Å². The number of halogens is 3. The van der Waals surface area contributed by atoms with Gasteiger partial charge < -0.3 is 14.9 Å². The van der Waals surface area contributed by atoms with Crippen LogP contribution < -0.4 is 0 Å². The fourth-order valence-electron chi connectivity index (χ4n) is 5.17. The predicted octanol–water partition coefficient (Wildman–Crippen LogP) is 3.56. The minimum absolute atomic E-state index is 0.00403. The molecule has 2 atom stereocenters. The van der Waals surface area contributed by atoms with E-state index in [1.54, 1.807) is 18.6 Å². The highest BCUT2D eigenvalue weighted by molar-refractivity contribution is 7.08. The van der Waals surface area contributed by atoms with E-state index < -0.39 is 17.6 Å². The molecule has 0 radical (unpaired) electrons. The monoisotopic (exact) mass is 549 g/mol. The van der Waals surface area contributed by atoms with Crippen LogP contribution in [0.1, 0.15) is 40.4 Å². The number of likely N-dealkylation sites (tertiary alicyclic amines) is 2. The maximum absolute atomic E-state index is 14.0. The number of aryl methyl sites for hydroxylation is 1. The Labute approximate surface area is 220 Å². The van der Waals surface area contributed by atoms with E-state index in [1.807, 2.05) is 56.6 Å². The van der Waals surface area contributed by atoms with Gasteiger partial charge in [-0.1, -0.05) is 0 Å². The molecule has 1 spiro atoms. The van der Waals surface area contributed by atoms with Crippen LogP contribution >= 0.6 is 11.3 Å². The van der Waals surface area contributed by atoms with Crippen LogP contribution in [0.15, 0.2) is 53.6 Å². The summed E-state index contributed by atoms with van der Waals surface area (Å²) in [4.78, 5) is 44.0. The highest BCUT2D eigenvalue weighted by atomic mass is 32.1. The SMILES string of the molecule is Cn1nccc1[C@@H]1CN(C(=O)c2ccsc2)C[C@]12CCCN(Cc1ccncc1)C2=O.O=C(O)C(F)(F)F. The Morgan fingerprint density at radius 2 is 1.89 bits per heavy atom. The van der Waals surface area contributed by atoms with Crippen LogP contribution in [0.25, 0.3) is 0 Å². The number of carboxylic acids is 1. The number of piperidine rings is 1. The van der Waals surface area contributed by atoms with E-state index >= 15 is 0 Å². The van der Waals surface area contributed by atoms with Crippen molar-refractivity contribution in [2.45, 2.75) is 31.5 Å². The van der Waals surface area contributed by atoms with Gasteiger partial charge in [0.2, 0.25) is 5.91 Å². The zero-order valence-electron chi connectivity index (χ0n) is 20.5. The standard InChI is InChI=1S/C23H25N5O2S.C2HF3O2/c1-26-20(5-10-25-26)19-14-28(21(29)18-6-12-31-15-18)16-23(19)7-2-11-27(22(23)30)13-17-3-8-24-9-4-17;3-2(4,5)1(6)7/h3-6,8-10,12,15,19H,2,7,11,13-14,16H2,1H3;(H,6,7)/t19-,23+;/m0./s1. The summed E-state index contributed by atoms with van der Waals surface area (Å²) in [6.07, 6.45) is 1.91. The molecule has 3 aromatic heterocycles. The van der Waals surface area contributed by atoms with Gasteiger partial charge in [0.15, 0.2) is 0 Å². The predicted molar refractivity (Wildman–Crippen MR) is 131 cm³/mol. The summed E-state index contributed by atoms with van der Waals surface area (Å²) in [7, 11) is 1.91. The molecule has 0 saturated carbocycles. The lowest BCUT2D eigenvalue weighted by molar-refractivity contribution is -0.192. The highest BCUT2D eigenvalue weighted by Gasteiger charge is 2.57.